The number of anilines is 1. The lowest BCUT2D eigenvalue weighted by Gasteiger charge is -2.22. The quantitative estimate of drug-likeness (QED) is 0.745. The number of rotatable bonds is 3. The number of aliphatic hydroxyl groups is 1. The Morgan fingerprint density at radius 3 is 2.37 bits per heavy atom. The van der Waals surface area contributed by atoms with Crippen LogP contribution in [0, 0.1) is 0 Å². The second kappa shape index (κ2) is 6.23. The zero-order valence-corrected chi connectivity index (χ0v) is 12.0. The van der Waals surface area contributed by atoms with Gasteiger partial charge in [-0.25, -0.2) is 0 Å². The van der Waals surface area contributed by atoms with Crippen LogP contribution in [-0.4, -0.2) is 29.1 Å². The summed E-state index contributed by atoms with van der Waals surface area (Å²) in [7, 11) is 0. The van der Waals surface area contributed by atoms with Gasteiger partial charge in [-0.05, 0) is 32.0 Å². The zero-order chi connectivity index (χ0) is 14.6. The van der Waals surface area contributed by atoms with Crippen molar-refractivity contribution in [3.05, 3.63) is 28.2 Å². The average Bonchev–Trinajstić information content (AvgIpc) is 2.33. The minimum atomic E-state index is -0.869. The van der Waals surface area contributed by atoms with Crippen LogP contribution in [-0.2, 0) is 9.59 Å². The van der Waals surface area contributed by atoms with Crippen molar-refractivity contribution in [2.75, 3.05) is 11.9 Å². The number of hydrogen-bond acceptors (Lipinski definition) is 3. The van der Waals surface area contributed by atoms with E-state index < -0.39 is 17.4 Å². The van der Waals surface area contributed by atoms with Gasteiger partial charge in [0.15, 0.2) is 0 Å². The Hall–Kier alpha value is -1.30. The van der Waals surface area contributed by atoms with E-state index in [4.69, 9.17) is 28.3 Å². The number of benzene rings is 1. The normalized spacial score (nSPS) is 11.0. The highest BCUT2D eigenvalue weighted by Gasteiger charge is 2.23. The highest BCUT2D eigenvalue weighted by Crippen LogP contribution is 2.24. The van der Waals surface area contributed by atoms with Crippen LogP contribution in [0.3, 0.4) is 0 Å². The predicted octanol–water partition coefficient (Wildman–Crippen LogP) is 1.82. The number of nitrogens with one attached hydrogen (secondary N) is 2. The molecule has 3 N–H and O–H groups in total. The number of hydrogen-bond donors (Lipinski definition) is 3. The molecule has 2 amide bonds. The van der Waals surface area contributed by atoms with Gasteiger partial charge in [-0.3, -0.25) is 9.59 Å². The van der Waals surface area contributed by atoms with Crippen molar-refractivity contribution in [1.29, 1.82) is 0 Å². The molecule has 0 aliphatic heterocycles. The molecule has 0 fully saturated rings. The lowest BCUT2D eigenvalue weighted by atomic mass is 10.1. The maximum atomic E-state index is 11.6. The van der Waals surface area contributed by atoms with Gasteiger partial charge in [0, 0.05) is 5.69 Å². The van der Waals surface area contributed by atoms with Crippen LogP contribution in [0.4, 0.5) is 5.69 Å². The van der Waals surface area contributed by atoms with Gasteiger partial charge in [0.25, 0.3) is 0 Å². The molecule has 0 spiro atoms. The molecule has 1 rings (SSSR count). The van der Waals surface area contributed by atoms with Gasteiger partial charge < -0.3 is 15.7 Å². The third-order valence-corrected chi connectivity index (χ3v) is 2.97. The van der Waals surface area contributed by atoms with E-state index in [-0.39, 0.29) is 11.6 Å². The lowest BCUT2D eigenvalue weighted by molar-refractivity contribution is -0.137. The third kappa shape index (κ3) is 4.70. The largest absolute Gasteiger partial charge is 0.394 e. The fourth-order valence-electron chi connectivity index (χ4n) is 1.17. The van der Waals surface area contributed by atoms with Gasteiger partial charge in [-0.2, -0.15) is 0 Å². The summed E-state index contributed by atoms with van der Waals surface area (Å²) >= 11 is 11.5. The molecule has 1 aromatic rings. The van der Waals surface area contributed by atoms with Gasteiger partial charge in [0.05, 0.1) is 22.2 Å². The highest BCUT2D eigenvalue weighted by atomic mass is 35.5. The van der Waals surface area contributed by atoms with Crippen molar-refractivity contribution in [2.24, 2.45) is 0 Å². The molecule has 1 aromatic carbocycles. The molecule has 0 radical (unpaired) electrons. The minimum absolute atomic E-state index is 0.274. The minimum Gasteiger partial charge on any atom is -0.394 e. The first-order valence-electron chi connectivity index (χ1n) is 5.44. The molecule has 7 heteroatoms. The standard InChI is InChI=1S/C12H14Cl2N2O3/c1-12(2,6-17)16-11(19)10(18)15-7-3-4-8(13)9(14)5-7/h3-5,17H,6H2,1-2H3,(H,15,18)(H,16,19). The van der Waals surface area contributed by atoms with E-state index in [1.807, 2.05) is 0 Å². The maximum Gasteiger partial charge on any atom is 0.313 e. The van der Waals surface area contributed by atoms with E-state index in [2.05, 4.69) is 10.6 Å². The van der Waals surface area contributed by atoms with E-state index >= 15 is 0 Å². The van der Waals surface area contributed by atoms with Crippen molar-refractivity contribution in [2.45, 2.75) is 19.4 Å². The first-order chi connectivity index (χ1) is 8.75. The van der Waals surface area contributed by atoms with Crippen LogP contribution < -0.4 is 10.6 Å². The molecule has 0 heterocycles. The summed E-state index contributed by atoms with van der Waals surface area (Å²) in [6.45, 7) is 2.91. The van der Waals surface area contributed by atoms with Crippen LogP contribution in [0.15, 0.2) is 18.2 Å². The number of halogens is 2. The zero-order valence-electron chi connectivity index (χ0n) is 10.5. The van der Waals surface area contributed by atoms with Crippen molar-refractivity contribution >= 4 is 40.7 Å². The van der Waals surface area contributed by atoms with Crippen LogP contribution in [0.25, 0.3) is 0 Å². The fourth-order valence-corrected chi connectivity index (χ4v) is 1.46. The topological polar surface area (TPSA) is 78.4 Å². The molecule has 0 aliphatic carbocycles. The molecule has 0 unspecified atom stereocenters. The monoisotopic (exact) mass is 304 g/mol. The third-order valence-electron chi connectivity index (χ3n) is 2.23. The van der Waals surface area contributed by atoms with Gasteiger partial charge in [0.1, 0.15) is 0 Å². The van der Waals surface area contributed by atoms with E-state index in [0.717, 1.165) is 0 Å². The summed E-state index contributed by atoms with van der Waals surface area (Å²) in [6, 6.07) is 4.47. The molecule has 19 heavy (non-hydrogen) atoms. The van der Waals surface area contributed by atoms with Gasteiger partial charge >= 0.3 is 11.8 Å². The summed E-state index contributed by atoms with van der Waals surface area (Å²) in [5.74, 6) is -1.69. The van der Waals surface area contributed by atoms with E-state index in [1.165, 1.54) is 18.2 Å². The molecule has 5 nitrogen and oxygen atoms in total. The Morgan fingerprint density at radius 1 is 1.21 bits per heavy atom. The van der Waals surface area contributed by atoms with E-state index in [1.54, 1.807) is 13.8 Å². The highest BCUT2D eigenvalue weighted by molar-refractivity contribution is 6.43. The van der Waals surface area contributed by atoms with E-state index in [0.29, 0.717) is 10.7 Å². The molecule has 0 aromatic heterocycles. The van der Waals surface area contributed by atoms with E-state index in [9.17, 15) is 9.59 Å². The summed E-state index contributed by atoms with van der Waals surface area (Å²) in [6.07, 6.45) is 0. The predicted molar refractivity (Wildman–Crippen MR) is 74.4 cm³/mol. The molecular weight excluding hydrogens is 291 g/mol. The van der Waals surface area contributed by atoms with Gasteiger partial charge in [-0.1, -0.05) is 23.2 Å². The Balaban J connectivity index is 2.69. The first-order valence-corrected chi connectivity index (χ1v) is 6.20. The molecule has 104 valence electrons. The van der Waals surface area contributed by atoms with Crippen molar-refractivity contribution in [1.82, 2.24) is 5.32 Å². The molecule has 0 aliphatic rings. The molecule has 0 saturated carbocycles. The lowest BCUT2D eigenvalue weighted by Crippen LogP contribution is -2.50. The molecular formula is C12H14Cl2N2O3. The molecule has 0 atom stereocenters. The van der Waals surface area contributed by atoms with Crippen LogP contribution in [0.2, 0.25) is 10.0 Å². The number of carbonyl (C=O) groups excluding carboxylic acids is 2. The summed E-state index contributed by atoms with van der Waals surface area (Å²) in [5, 5.41) is 14.4. The number of aliphatic hydroxyl groups excluding tert-OH is 1. The van der Waals surface area contributed by atoms with Crippen LogP contribution >= 0.6 is 23.2 Å². The van der Waals surface area contributed by atoms with Crippen LogP contribution in [0.1, 0.15) is 13.8 Å². The Labute approximate surface area is 120 Å². The SMILES string of the molecule is CC(C)(CO)NC(=O)C(=O)Nc1ccc(Cl)c(Cl)c1. The fraction of sp³-hybridized carbons (Fsp3) is 0.333. The van der Waals surface area contributed by atoms with Crippen LogP contribution in [0.5, 0.6) is 0 Å². The maximum absolute atomic E-state index is 11.6. The molecule has 0 saturated heterocycles. The van der Waals surface area contributed by atoms with Crippen molar-refractivity contribution in [3.63, 3.8) is 0 Å². The average molecular weight is 305 g/mol. The smallest absolute Gasteiger partial charge is 0.313 e. The summed E-state index contributed by atoms with van der Waals surface area (Å²) in [5.41, 5.74) is -0.511. The van der Waals surface area contributed by atoms with Gasteiger partial charge in [-0.15, -0.1) is 0 Å². The second-order valence-electron chi connectivity index (χ2n) is 4.58. The Kier molecular flexibility index (Phi) is 5.17. The number of amides is 2. The van der Waals surface area contributed by atoms with Gasteiger partial charge in [0.2, 0.25) is 0 Å². The summed E-state index contributed by atoms with van der Waals surface area (Å²) < 4.78 is 0. The Bertz CT molecular complexity index is 504. The first kappa shape index (κ1) is 15.8. The Morgan fingerprint density at radius 2 is 1.84 bits per heavy atom. The summed E-state index contributed by atoms with van der Waals surface area (Å²) in [4.78, 5) is 23.2. The number of carbonyl (C=O) groups is 2. The second-order valence-corrected chi connectivity index (χ2v) is 5.39. The van der Waals surface area contributed by atoms with Crippen molar-refractivity contribution in [3.8, 4) is 0 Å². The van der Waals surface area contributed by atoms with Crippen molar-refractivity contribution < 1.29 is 14.7 Å². The molecule has 0 bridgehead atoms.